The van der Waals surface area contributed by atoms with Crippen molar-refractivity contribution >= 4 is 7.26 Å². The molecule has 0 aromatic heterocycles. The molecule has 0 atom stereocenters. The van der Waals surface area contributed by atoms with Crippen LogP contribution in [0.3, 0.4) is 0 Å². The Hall–Kier alpha value is 0.390. The molecule has 0 aromatic rings. The molecular formula is C5H15NP+. The van der Waals surface area contributed by atoms with Gasteiger partial charge < -0.3 is 5.73 Å². The van der Waals surface area contributed by atoms with E-state index >= 15 is 0 Å². The van der Waals surface area contributed by atoms with Crippen molar-refractivity contribution < 1.29 is 0 Å². The van der Waals surface area contributed by atoms with E-state index in [1.165, 1.54) is 6.16 Å². The lowest BCUT2D eigenvalue weighted by Gasteiger charge is -2.07. The molecule has 0 aliphatic heterocycles. The van der Waals surface area contributed by atoms with Gasteiger partial charge in [-0.3, -0.25) is 0 Å². The Bertz CT molecular complexity index is 46.5. The molecule has 0 unspecified atom stereocenters. The first-order chi connectivity index (χ1) is 3.06. The lowest BCUT2D eigenvalue weighted by atomic mass is 10.8. The minimum absolute atomic E-state index is 0.541. The fourth-order valence-electron chi connectivity index (χ4n) is 0.387. The predicted molar refractivity (Wildman–Crippen MR) is 38.6 cm³/mol. The number of rotatable bonds is 2. The van der Waals surface area contributed by atoms with Gasteiger partial charge in [-0.2, -0.15) is 0 Å². The molecule has 44 valence electrons. The van der Waals surface area contributed by atoms with Gasteiger partial charge in [0.15, 0.2) is 0 Å². The third-order valence-electron chi connectivity index (χ3n) is 0.800. The molecule has 0 saturated carbocycles. The van der Waals surface area contributed by atoms with Crippen molar-refractivity contribution in [2.24, 2.45) is 5.73 Å². The third kappa shape index (κ3) is 6.39. The first-order valence-electron chi connectivity index (χ1n) is 2.57. The van der Waals surface area contributed by atoms with E-state index in [1.807, 2.05) is 0 Å². The summed E-state index contributed by atoms with van der Waals surface area (Å²) in [5.41, 5.74) is 5.34. The SMILES string of the molecule is C[P+](C)(C)CCN. The normalized spacial score (nSPS) is 12.0. The molecule has 0 bridgehead atoms. The average molecular weight is 120 g/mol. The van der Waals surface area contributed by atoms with Gasteiger partial charge in [0.2, 0.25) is 0 Å². The summed E-state index contributed by atoms with van der Waals surface area (Å²) in [5, 5.41) is 0. The zero-order valence-corrected chi connectivity index (χ0v) is 6.33. The summed E-state index contributed by atoms with van der Waals surface area (Å²) in [6.45, 7) is 7.77. The van der Waals surface area contributed by atoms with E-state index in [0.29, 0.717) is 0 Å². The van der Waals surface area contributed by atoms with E-state index in [4.69, 9.17) is 5.73 Å². The maximum atomic E-state index is 5.34. The summed E-state index contributed by atoms with van der Waals surface area (Å²) >= 11 is 0. The first-order valence-corrected chi connectivity index (χ1v) is 5.88. The van der Waals surface area contributed by atoms with E-state index in [2.05, 4.69) is 20.0 Å². The van der Waals surface area contributed by atoms with Crippen LogP contribution in [0.4, 0.5) is 0 Å². The molecule has 0 rings (SSSR count). The number of hydrogen-bond donors (Lipinski definition) is 1. The molecule has 0 heterocycles. The zero-order chi connectivity index (χ0) is 5.91. The van der Waals surface area contributed by atoms with Crippen LogP contribution < -0.4 is 5.73 Å². The largest absolute Gasteiger partial charge is 0.327 e. The standard InChI is InChI=1S/C5H15NP/c1-7(2,3)5-4-6/h4-6H2,1-3H3/q+1. The maximum Gasteiger partial charge on any atom is 0.0708 e. The molecular weight excluding hydrogens is 105 g/mol. The summed E-state index contributed by atoms with van der Waals surface area (Å²) in [7, 11) is -0.541. The predicted octanol–water partition coefficient (Wildman–Crippen LogP) is 0.852. The molecule has 0 amide bonds. The second kappa shape index (κ2) is 2.64. The maximum absolute atomic E-state index is 5.34. The molecule has 2 N–H and O–H groups in total. The summed E-state index contributed by atoms with van der Waals surface area (Å²) in [6.07, 6.45) is 1.23. The molecule has 0 aromatic carbocycles. The minimum Gasteiger partial charge on any atom is -0.327 e. The number of hydrogen-bond acceptors (Lipinski definition) is 1. The highest BCUT2D eigenvalue weighted by atomic mass is 31.2. The van der Waals surface area contributed by atoms with Gasteiger partial charge in [-0.1, -0.05) is 0 Å². The second-order valence-electron chi connectivity index (χ2n) is 2.80. The average Bonchev–Trinajstić information content (AvgIpc) is 1.30. The van der Waals surface area contributed by atoms with Crippen molar-refractivity contribution in [1.82, 2.24) is 0 Å². The van der Waals surface area contributed by atoms with Gasteiger partial charge in [-0.15, -0.1) is 0 Å². The quantitative estimate of drug-likeness (QED) is 0.537. The summed E-state index contributed by atoms with van der Waals surface area (Å²) in [4.78, 5) is 0. The van der Waals surface area contributed by atoms with Crippen LogP contribution in [0, 0.1) is 0 Å². The molecule has 1 nitrogen and oxygen atoms in total. The Kier molecular flexibility index (Phi) is 2.78. The molecule has 0 saturated heterocycles. The van der Waals surface area contributed by atoms with Gasteiger partial charge >= 0.3 is 0 Å². The van der Waals surface area contributed by atoms with Crippen LogP contribution >= 0.6 is 7.26 Å². The Balaban J connectivity index is 3.15. The topological polar surface area (TPSA) is 26.0 Å². The first kappa shape index (κ1) is 7.39. The van der Waals surface area contributed by atoms with Crippen LogP contribution in [0.1, 0.15) is 0 Å². The zero-order valence-electron chi connectivity index (χ0n) is 5.44. The fourth-order valence-corrected chi connectivity index (χ4v) is 1.16. The van der Waals surface area contributed by atoms with Crippen molar-refractivity contribution in [3.8, 4) is 0 Å². The second-order valence-corrected chi connectivity index (χ2v) is 7.83. The summed E-state index contributed by atoms with van der Waals surface area (Å²) in [5.74, 6) is 0. The Morgan fingerprint density at radius 1 is 1.29 bits per heavy atom. The third-order valence-corrected chi connectivity index (χ3v) is 2.40. The number of nitrogens with two attached hydrogens (primary N) is 1. The molecule has 0 aliphatic rings. The molecule has 0 fully saturated rings. The van der Waals surface area contributed by atoms with Crippen LogP contribution in [0.25, 0.3) is 0 Å². The Morgan fingerprint density at radius 3 is 1.71 bits per heavy atom. The van der Waals surface area contributed by atoms with Gasteiger partial charge in [-0.25, -0.2) is 0 Å². The monoisotopic (exact) mass is 120 g/mol. The van der Waals surface area contributed by atoms with E-state index in [0.717, 1.165) is 6.54 Å². The van der Waals surface area contributed by atoms with Crippen molar-refractivity contribution in [2.45, 2.75) is 0 Å². The smallest absolute Gasteiger partial charge is 0.0708 e. The van der Waals surface area contributed by atoms with E-state index < -0.39 is 7.26 Å². The van der Waals surface area contributed by atoms with Gasteiger partial charge in [0.1, 0.15) is 0 Å². The van der Waals surface area contributed by atoms with E-state index in [1.54, 1.807) is 0 Å². The van der Waals surface area contributed by atoms with Crippen LogP contribution in [0.5, 0.6) is 0 Å². The van der Waals surface area contributed by atoms with Crippen molar-refractivity contribution in [3.05, 3.63) is 0 Å². The highest BCUT2D eigenvalue weighted by Gasteiger charge is 2.13. The van der Waals surface area contributed by atoms with Crippen LogP contribution in [-0.4, -0.2) is 32.7 Å². The molecule has 0 aliphatic carbocycles. The van der Waals surface area contributed by atoms with Crippen molar-refractivity contribution in [1.29, 1.82) is 0 Å². The van der Waals surface area contributed by atoms with E-state index in [-0.39, 0.29) is 0 Å². The van der Waals surface area contributed by atoms with Gasteiger partial charge in [0, 0.05) is 33.8 Å². The highest BCUT2D eigenvalue weighted by Crippen LogP contribution is 2.45. The highest BCUT2D eigenvalue weighted by molar-refractivity contribution is 7.73. The summed E-state index contributed by atoms with van der Waals surface area (Å²) < 4.78 is 0. The van der Waals surface area contributed by atoms with Crippen LogP contribution in [-0.2, 0) is 0 Å². The molecule has 0 spiro atoms. The van der Waals surface area contributed by atoms with Crippen molar-refractivity contribution in [3.63, 3.8) is 0 Å². The lowest BCUT2D eigenvalue weighted by molar-refractivity contribution is 1.13. The molecule has 2 heteroatoms. The minimum atomic E-state index is -0.541. The Labute approximate surface area is 46.6 Å². The lowest BCUT2D eigenvalue weighted by Crippen LogP contribution is -2.06. The Morgan fingerprint density at radius 2 is 1.71 bits per heavy atom. The van der Waals surface area contributed by atoms with Crippen LogP contribution in [0.2, 0.25) is 0 Å². The van der Waals surface area contributed by atoms with E-state index in [9.17, 15) is 0 Å². The van der Waals surface area contributed by atoms with Gasteiger partial charge in [0.05, 0.1) is 6.16 Å². The summed E-state index contributed by atoms with van der Waals surface area (Å²) in [6, 6.07) is 0. The van der Waals surface area contributed by atoms with Gasteiger partial charge in [-0.05, 0) is 0 Å². The fraction of sp³-hybridized carbons (Fsp3) is 1.00. The molecule has 7 heavy (non-hydrogen) atoms. The molecule has 0 radical (unpaired) electrons. The van der Waals surface area contributed by atoms with Gasteiger partial charge in [0.25, 0.3) is 0 Å². The van der Waals surface area contributed by atoms with Crippen molar-refractivity contribution in [2.75, 3.05) is 32.7 Å². The van der Waals surface area contributed by atoms with Crippen LogP contribution in [0.15, 0.2) is 0 Å².